The van der Waals surface area contributed by atoms with Crippen LogP contribution in [-0.4, -0.2) is 52.8 Å². The second-order valence-electron chi connectivity index (χ2n) is 7.80. The first kappa shape index (κ1) is 21.3. The van der Waals surface area contributed by atoms with Gasteiger partial charge >= 0.3 is 0 Å². The zero-order valence-electron chi connectivity index (χ0n) is 17.3. The van der Waals surface area contributed by atoms with Gasteiger partial charge < -0.3 is 31.2 Å². The number of hydrogen-bond acceptors (Lipinski definition) is 8. The van der Waals surface area contributed by atoms with Crippen LogP contribution in [0, 0.1) is 11.2 Å². The molecule has 3 aromatic rings. The van der Waals surface area contributed by atoms with E-state index in [9.17, 15) is 4.39 Å². The summed E-state index contributed by atoms with van der Waals surface area (Å²) < 4.78 is 25.3. The summed E-state index contributed by atoms with van der Waals surface area (Å²) in [5.74, 6) is 0.632. The van der Waals surface area contributed by atoms with E-state index in [4.69, 9.17) is 25.9 Å². The van der Waals surface area contributed by atoms with Gasteiger partial charge in [-0.2, -0.15) is 0 Å². The highest BCUT2D eigenvalue weighted by molar-refractivity contribution is 5.77. The lowest BCUT2D eigenvalue weighted by atomic mass is 9.93. The van der Waals surface area contributed by atoms with E-state index in [0.29, 0.717) is 61.7 Å². The first-order valence-corrected chi connectivity index (χ1v) is 10.1. The quantitative estimate of drug-likeness (QED) is 0.450. The molecule has 10 heteroatoms. The highest BCUT2D eigenvalue weighted by Gasteiger charge is 2.34. The minimum absolute atomic E-state index is 0.234. The summed E-state index contributed by atoms with van der Waals surface area (Å²) in [7, 11) is 0. The first-order chi connectivity index (χ1) is 15.0. The van der Waals surface area contributed by atoms with E-state index in [2.05, 4.69) is 20.3 Å². The molecule has 1 aliphatic heterocycles. The summed E-state index contributed by atoms with van der Waals surface area (Å²) >= 11 is 0. The predicted octanol–water partition coefficient (Wildman–Crippen LogP) is 2.05. The number of benzene rings is 1. The minimum atomic E-state index is -0.663. The van der Waals surface area contributed by atoms with Crippen LogP contribution in [0.5, 0.6) is 0 Å². The Bertz CT molecular complexity index is 1020. The Labute approximate surface area is 179 Å². The number of halogens is 1. The summed E-state index contributed by atoms with van der Waals surface area (Å²) in [5, 5.41) is 3.06. The van der Waals surface area contributed by atoms with E-state index in [1.807, 2.05) is 6.92 Å². The van der Waals surface area contributed by atoms with Crippen molar-refractivity contribution in [3.8, 4) is 22.6 Å². The van der Waals surface area contributed by atoms with Gasteiger partial charge in [-0.25, -0.2) is 19.3 Å². The lowest BCUT2D eigenvalue weighted by molar-refractivity contribution is -0.231. The molecule has 4 rings (SSSR count). The lowest BCUT2D eigenvalue weighted by Crippen LogP contribution is -2.42. The fourth-order valence-electron chi connectivity index (χ4n) is 3.19. The molecular formula is C21H26FN7O2. The molecular weight excluding hydrogens is 401 g/mol. The molecule has 0 unspecified atom stereocenters. The van der Waals surface area contributed by atoms with Crippen molar-refractivity contribution in [2.24, 2.45) is 16.9 Å². The molecule has 6 N–H and O–H groups in total. The van der Waals surface area contributed by atoms with Crippen molar-refractivity contribution in [2.45, 2.75) is 13.2 Å². The van der Waals surface area contributed by atoms with Crippen molar-refractivity contribution in [3.63, 3.8) is 0 Å². The highest BCUT2D eigenvalue weighted by atomic mass is 19.1. The number of nitrogens with two attached hydrogens (primary N) is 2. The number of aromatic nitrogens is 4. The number of nitrogens with one attached hydrogen (secondary N) is 2. The third-order valence-corrected chi connectivity index (χ3v) is 5.06. The van der Waals surface area contributed by atoms with Crippen LogP contribution < -0.4 is 16.8 Å². The average molecular weight is 427 g/mol. The second-order valence-corrected chi connectivity index (χ2v) is 7.80. The molecule has 1 fully saturated rings. The fraction of sp³-hybridized carbons (Fsp3) is 0.381. The second kappa shape index (κ2) is 9.06. The van der Waals surface area contributed by atoms with Crippen molar-refractivity contribution in [1.29, 1.82) is 0 Å². The third-order valence-electron chi connectivity index (χ3n) is 5.06. The summed E-state index contributed by atoms with van der Waals surface area (Å²) in [6.07, 6.45) is 0.987. The van der Waals surface area contributed by atoms with Crippen molar-refractivity contribution < 1.29 is 13.9 Å². The highest BCUT2D eigenvalue weighted by Crippen LogP contribution is 2.35. The van der Waals surface area contributed by atoms with E-state index in [1.54, 1.807) is 24.4 Å². The van der Waals surface area contributed by atoms with Crippen molar-refractivity contribution >= 4 is 5.95 Å². The smallest absolute Gasteiger partial charge is 0.223 e. The van der Waals surface area contributed by atoms with Crippen LogP contribution in [0.15, 0.2) is 36.5 Å². The standard InChI is InChI=1S/C21H26FN7O2/c1-21(10-24)11-30-19(31-12-21)18-28-16(13-2-4-14(22)5-3-13)17(29-18)15-6-8-25-20(27-15)26-9-7-23/h2-6,8,19H,7,9-12,23-24H2,1H3,(H,28,29)(H,25,26,27). The van der Waals surface area contributed by atoms with Gasteiger partial charge in [0.25, 0.3) is 0 Å². The maximum absolute atomic E-state index is 13.5. The van der Waals surface area contributed by atoms with Crippen LogP contribution in [0.1, 0.15) is 19.0 Å². The Balaban J connectivity index is 1.71. The molecule has 0 aliphatic carbocycles. The average Bonchev–Trinajstić information content (AvgIpc) is 3.24. The number of imidazole rings is 1. The van der Waals surface area contributed by atoms with Gasteiger partial charge in [0.05, 0.1) is 30.3 Å². The van der Waals surface area contributed by atoms with Gasteiger partial charge in [-0.15, -0.1) is 0 Å². The lowest BCUT2D eigenvalue weighted by Gasteiger charge is -2.35. The Hall–Kier alpha value is -2.92. The van der Waals surface area contributed by atoms with E-state index in [-0.39, 0.29) is 11.2 Å². The van der Waals surface area contributed by atoms with Gasteiger partial charge in [0.2, 0.25) is 12.2 Å². The summed E-state index contributed by atoms with van der Waals surface area (Å²) in [4.78, 5) is 16.8. The molecule has 9 nitrogen and oxygen atoms in total. The maximum atomic E-state index is 13.5. The monoisotopic (exact) mass is 427 g/mol. The van der Waals surface area contributed by atoms with E-state index in [0.717, 1.165) is 5.56 Å². The third kappa shape index (κ3) is 4.72. The Morgan fingerprint density at radius 1 is 1.16 bits per heavy atom. The van der Waals surface area contributed by atoms with Crippen LogP contribution in [0.3, 0.4) is 0 Å². The minimum Gasteiger partial charge on any atom is -0.353 e. The Morgan fingerprint density at radius 3 is 2.58 bits per heavy atom. The molecule has 0 saturated carbocycles. The maximum Gasteiger partial charge on any atom is 0.223 e. The van der Waals surface area contributed by atoms with Gasteiger partial charge in [0, 0.05) is 36.8 Å². The fourth-order valence-corrected chi connectivity index (χ4v) is 3.19. The molecule has 1 aromatic carbocycles. The van der Waals surface area contributed by atoms with Crippen molar-refractivity contribution in [3.05, 3.63) is 48.2 Å². The van der Waals surface area contributed by atoms with Crippen molar-refractivity contribution in [1.82, 2.24) is 19.9 Å². The van der Waals surface area contributed by atoms with Crippen LogP contribution in [-0.2, 0) is 9.47 Å². The van der Waals surface area contributed by atoms with Crippen LogP contribution in [0.2, 0.25) is 0 Å². The van der Waals surface area contributed by atoms with Crippen LogP contribution in [0.4, 0.5) is 10.3 Å². The summed E-state index contributed by atoms with van der Waals surface area (Å²) in [6, 6.07) is 7.89. The molecule has 164 valence electrons. The zero-order chi connectivity index (χ0) is 21.8. The molecule has 0 radical (unpaired) electrons. The molecule has 0 amide bonds. The molecule has 31 heavy (non-hydrogen) atoms. The van der Waals surface area contributed by atoms with Gasteiger partial charge in [-0.1, -0.05) is 6.92 Å². The van der Waals surface area contributed by atoms with Gasteiger partial charge in [-0.3, -0.25) is 0 Å². The van der Waals surface area contributed by atoms with Crippen molar-refractivity contribution in [2.75, 3.05) is 38.2 Å². The van der Waals surface area contributed by atoms with Crippen LogP contribution in [0.25, 0.3) is 22.6 Å². The molecule has 1 aliphatic rings. The largest absolute Gasteiger partial charge is 0.353 e. The number of ether oxygens (including phenoxy) is 2. The number of rotatable bonds is 7. The zero-order valence-corrected chi connectivity index (χ0v) is 17.3. The van der Waals surface area contributed by atoms with Gasteiger partial charge in [0.1, 0.15) is 5.82 Å². The summed E-state index contributed by atoms with van der Waals surface area (Å²) in [6.45, 7) is 4.39. The number of H-pyrrole nitrogens is 1. The number of hydrogen-bond donors (Lipinski definition) is 4. The van der Waals surface area contributed by atoms with E-state index < -0.39 is 6.29 Å². The molecule has 0 bridgehead atoms. The number of nitrogens with zero attached hydrogens (tertiary/aromatic N) is 3. The first-order valence-electron chi connectivity index (χ1n) is 10.1. The summed E-state index contributed by atoms with van der Waals surface area (Å²) in [5.41, 5.74) is 13.8. The number of anilines is 1. The molecule has 0 spiro atoms. The normalized spacial score (nSPS) is 21.2. The molecule has 1 saturated heterocycles. The molecule has 0 atom stereocenters. The van der Waals surface area contributed by atoms with E-state index in [1.165, 1.54) is 12.1 Å². The Morgan fingerprint density at radius 2 is 1.90 bits per heavy atom. The van der Waals surface area contributed by atoms with Gasteiger partial charge in [-0.05, 0) is 30.3 Å². The number of aromatic amines is 1. The van der Waals surface area contributed by atoms with Crippen LogP contribution >= 0.6 is 0 Å². The predicted molar refractivity (Wildman–Crippen MR) is 114 cm³/mol. The SMILES string of the molecule is CC1(CN)COC(c2nc(-c3ccc(F)cc3)c(-c3ccnc(NCCN)n3)[nH]2)OC1. The van der Waals surface area contributed by atoms with Gasteiger partial charge in [0.15, 0.2) is 5.82 Å². The molecule has 2 aromatic heterocycles. The Kier molecular flexibility index (Phi) is 6.23. The topological polar surface area (TPSA) is 137 Å². The van der Waals surface area contributed by atoms with E-state index >= 15 is 0 Å². The molecule has 3 heterocycles.